The average Bonchev–Trinajstić information content (AvgIpc) is 2.37. The van der Waals surface area contributed by atoms with E-state index in [4.69, 9.17) is 5.73 Å². The van der Waals surface area contributed by atoms with Crippen LogP contribution >= 0.6 is 0 Å². The molecule has 18 heavy (non-hydrogen) atoms. The average molecular weight is 245 g/mol. The van der Waals surface area contributed by atoms with Gasteiger partial charge in [-0.15, -0.1) is 0 Å². The number of rotatable bonds is 5. The molecule has 0 heterocycles. The zero-order chi connectivity index (χ0) is 13.8. The van der Waals surface area contributed by atoms with E-state index in [1.54, 1.807) is 20.8 Å². The number of anilines is 1. The molecule has 2 atom stereocenters. The van der Waals surface area contributed by atoms with Crippen molar-refractivity contribution in [3.05, 3.63) is 30.3 Å². The van der Waals surface area contributed by atoms with Crippen LogP contribution < -0.4 is 11.1 Å². The lowest BCUT2D eigenvalue weighted by atomic mass is 9.79. The van der Waals surface area contributed by atoms with Crippen LogP contribution in [0, 0.1) is 22.7 Å². The quantitative estimate of drug-likeness (QED) is 0.779. The van der Waals surface area contributed by atoms with E-state index in [2.05, 4.69) is 5.32 Å². The lowest BCUT2D eigenvalue weighted by Gasteiger charge is -2.30. The Kier molecular flexibility index (Phi) is 4.46. The van der Waals surface area contributed by atoms with Gasteiger partial charge in [-0.2, -0.15) is 5.26 Å². The van der Waals surface area contributed by atoms with Crippen LogP contribution in [0.15, 0.2) is 30.3 Å². The highest BCUT2D eigenvalue weighted by atomic mass is 16.1. The molecule has 4 nitrogen and oxygen atoms in total. The van der Waals surface area contributed by atoms with Crippen LogP contribution in [0.25, 0.3) is 0 Å². The number of nitrogens with zero attached hydrogens (tertiary/aromatic N) is 1. The summed E-state index contributed by atoms with van der Waals surface area (Å²) in [6, 6.07) is 11.3. The summed E-state index contributed by atoms with van der Waals surface area (Å²) in [5.41, 5.74) is 5.54. The number of benzene rings is 1. The summed E-state index contributed by atoms with van der Waals surface area (Å²) in [5.74, 6) is -0.376. The smallest absolute Gasteiger partial charge is 0.158 e. The molecule has 0 aliphatic carbocycles. The van der Waals surface area contributed by atoms with E-state index in [-0.39, 0.29) is 11.7 Å². The molecule has 96 valence electrons. The molecule has 0 aliphatic rings. The Morgan fingerprint density at radius 1 is 1.39 bits per heavy atom. The number of Topliss-reactive ketones (excluding diaryl/α,β-unsaturated/α-hetero) is 1. The van der Waals surface area contributed by atoms with Crippen molar-refractivity contribution in [1.82, 2.24) is 0 Å². The first-order valence-corrected chi connectivity index (χ1v) is 5.94. The first-order chi connectivity index (χ1) is 8.41. The number of hydrogen-bond acceptors (Lipinski definition) is 4. The maximum atomic E-state index is 12.1. The topological polar surface area (TPSA) is 78.9 Å². The van der Waals surface area contributed by atoms with Gasteiger partial charge >= 0.3 is 0 Å². The Balaban J connectivity index is 2.90. The summed E-state index contributed by atoms with van der Waals surface area (Å²) in [7, 11) is 0. The molecule has 0 spiro atoms. The molecule has 0 amide bonds. The Labute approximate surface area is 108 Å². The molecule has 0 saturated carbocycles. The van der Waals surface area contributed by atoms with Crippen LogP contribution in [-0.4, -0.2) is 11.9 Å². The summed E-state index contributed by atoms with van der Waals surface area (Å²) in [5, 5.41) is 12.3. The van der Waals surface area contributed by atoms with Gasteiger partial charge in [0.15, 0.2) is 5.78 Å². The predicted molar refractivity (Wildman–Crippen MR) is 71.6 cm³/mol. The van der Waals surface area contributed by atoms with E-state index in [0.717, 1.165) is 5.69 Å². The van der Waals surface area contributed by atoms with Gasteiger partial charge in [0.05, 0.1) is 6.07 Å². The largest absolute Gasteiger partial charge is 0.368 e. The lowest BCUT2D eigenvalue weighted by molar-refractivity contribution is -0.128. The fourth-order valence-corrected chi connectivity index (χ4v) is 1.74. The van der Waals surface area contributed by atoms with E-state index in [1.807, 2.05) is 36.4 Å². The fraction of sp³-hybridized carbons (Fsp3) is 0.429. The van der Waals surface area contributed by atoms with Crippen molar-refractivity contribution in [2.24, 2.45) is 17.1 Å². The van der Waals surface area contributed by atoms with Crippen molar-refractivity contribution in [3.8, 4) is 6.07 Å². The molecular formula is C14H19N3O. The van der Waals surface area contributed by atoms with Gasteiger partial charge in [-0.1, -0.05) is 32.0 Å². The molecule has 1 aromatic rings. The third-order valence-electron chi connectivity index (χ3n) is 2.99. The zero-order valence-corrected chi connectivity index (χ0v) is 11.0. The number of hydrogen-bond donors (Lipinski definition) is 2. The van der Waals surface area contributed by atoms with Crippen molar-refractivity contribution < 1.29 is 4.79 Å². The van der Waals surface area contributed by atoms with Crippen LogP contribution in [0.2, 0.25) is 0 Å². The molecule has 2 unspecified atom stereocenters. The molecule has 0 radical (unpaired) electrons. The fourth-order valence-electron chi connectivity index (χ4n) is 1.74. The Morgan fingerprint density at radius 2 is 1.94 bits per heavy atom. The predicted octanol–water partition coefficient (Wildman–Crippen LogP) is 2.14. The van der Waals surface area contributed by atoms with Crippen molar-refractivity contribution in [2.75, 3.05) is 5.32 Å². The monoisotopic (exact) mass is 245 g/mol. The SMILES string of the molecule is CC(C)C(=O)C(C)(C#N)C(N)Nc1ccccc1. The summed E-state index contributed by atoms with van der Waals surface area (Å²) in [6.45, 7) is 5.12. The molecule has 4 heteroatoms. The molecule has 0 aromatic heterocycles. The Bertz CT molecular complexity index is 450. The minimum atomic E-state index is -1.23. The maximum Gasteiger partial charge on any atom is 0.158 e. The highest BCUT2D eigenvalue weighted by Gasteiger charge is 2.40. The van der Waals surface area contributed by atoms with Gasteiger partial charge in [-0.05, 0) is 19.1 Å². The minimum absolute atomic E-state index is 0.152. The van der Waals surface area contributed by atoms with Crippen molar-refractivity contribution in [1.29, 1.82) is 5.26 Å². The third-order valence-corrected chi connectivity index (χ3v) is 2.99. The number of nitrogens with two attached hydrogens (primary N) is 1. The second-order valence-electron chi connectivity index (χ2n) is 4.82. The second-order valence-corrected chi connectivity index (χ2v) is 4.82. The number of carbonyl (C=O) groups excluding carboxylic acids is 1. The van der Waals surface area contributed by atoms with Gasteiger partial charge in [0.2, 0.25) is 0 Å². The third kappa shape index (κ3) is 2.88. The molecule has 0 bridgehead atoms. The van der Waals surface area contributed by atoms with Crippen LogP contribution in [0.4, 0.5) is 5.69 Å². The zero-order valence-electron chi connectivity index (χ0n) is 11.0. The highest BCUT2D eigenvalue weighted by molar-refractivity contribution is 5.89. The molecule has 3 N–H and O–H groups in total. The van der Waals surface area contributed by atoms with Gasteiger partial charge in [0.1, 0.15) is 11.6 Å². The molecule has 1 aromatic carbocycles. The van der Waals surface area contributed by atoms with E-state index < -0.39 is 11.6 Å². The molecule has 0 fully saturated rings. The van der Waals surface area contributed by atoms with Gasteiger partial charge in [0, 0.05) is 11.6 Å². The van der Waals surface area contributed by atoms with Gasteiger partial charge in [-0.25, -0.2) is 0 Å². The van der Waals surface area contributed by atoms with Crippen LogP contribution in [-0.2, 0) is 4.79 Å². The van der Waals surface area contributed by atoms with Gasteiger partial charge < -0.3 is 11.1 Å². The number of nitriles is 1. The first kappa shape index (κ1) is 14.2. The summed E-state index contributed by atoms with van der Waals surface area (Å²) in [6.07, 6.45) is -0.736. The molecule has 0 saturated heterocycles. The van der Waals surface area contributed by atoms with Gasteiger partial charge in [0.25, 0.3) is 0 Å². The molecular weight excluding hydrogens is 226 g/mol. The Hall–Kier alpha value is -1.86. The number of para-hydroxylation sites is 1. The summed E-state index contributed by atoms with van der Waals surface area (Å²) in [4.78, 5) is 12.1. The van der Waals surface area contributed by atoms with Gasteiger partial charge in [-0.3, -0.25) is 4.79 Å². The normalized spacial score (nSPS) is 15.6. The van der Waals surface area contributed by atoms with Crippen LogP contribution in [0.3, 0.4) is 0 Å². The van der Waals surface area contributed by atoms with Crippen LogP contribution in [0.5, 0.6) is 0 Å². The van der Waals surface area contributed by atoms with E-state index in [1.165, 1.54) is 0 Å². The Morgan fingerprint density at radius 3 is 2.39 bits per heavy atom. The standard InChI is InChI=1S/C14H19N3O/c1-10(2)12(18)14(3,9-15)13(16)17-11-7-5-4-6-8-11/h4-8,10,13,17H,16H2,1-3H3. The number of ketones is 1. The van der Waals surface area contributed by atoms with E-state index in [0.29, 0.717) is 0 Å². The lowest BCUT2D eigenvalue weighted by Crippen LogP contribution is -2.50. The summed E-state index contributed by atoms with van der Waals surface area (Å²) < 4.78 is 0. The van der Waals surface area contributed by atoms with E-state index in [9.17, 15) is 10.1 Å². The molecule has 1 rings (SSSR count). The van der Waals surface area contributed by atoms with Crippen molar-refractivity contribution in [2.45, 2.75) is 26.9 Å². The second kappa shape index (κ2) is 5.65. The van der Waals surface area contributed by atoms with Crippen molar-refractivity contribution in [3.63, 3.8) is 0 Å². The summed E-state index contributed by atoms with van der Waals surface area (Å²) >= 11 is 0. The first-order valence-electron chi connectivity index (χ1n) is 5.94. The highest BCUT2D eigenvalue weighted by Crippen LogP contribution is 2.25. The minimum Gasteiger partial charge on any atom is -0.368 e. The number of carbonyl (C=O) groups is 1. The van der Waals surface area contributed by atoms with Crippen molar-refractivity contribution >= 4 is 11.5 Å². The van der Waals surface area contributed by atoms with E-state index >= 15 is 0 Å². The van der Waals surface area contributed by atoms with Crippen LogP contribution in [0.1, 0.15) is 20.8 Å². The maximum absolute atomic E-state index is 12.1. The number of nitrogens with one attached hydrogen (secondary N) is 1. The molecule has 0 aliphatic heterocycles.